The first-order valence-corrected chi connectivity index (χ1v) is 7.08. The van der Waals surface area contributed by atoms with E-state index in [2.05, 4.69) is 28.9 Å². The monoisotopic (exact) mass is 255 g/mol. The molecule has 4 heteroatoms. The topological polar surface area (TPSA) is 29.9 Å². The largest absolute Gasteiger partial charge is 0.309 e. The highest BCUT2D eigenvalue weighted by molar-refractivity contribution is 6.31. The van der Waals surface area contributed by atoms with Crippen LogP contribution in [0.25, 0.3) is 0 Å². The average Bonchev–Trinajstić information content (AvgIpc) is 2.71. The summed E-state index contributed by atoms with van der Waals surface area (Å²) in [6.45, 7) is 6.49. The molecule has 1 fully saturated rings. The molecule has 0 aliphatic carbocycles. The van der Waals surface area contributed by atoms with Gasteiger partial charge in [0.25, 0.3) is 0 Å². The third kappa shape index (κ3) is 2.83. The van der Waals surface area contributed by atoms with Gasteiger partial charge in [-0.1, -0.05) is 31.9 Å². The Morgan fingerprint density at radius 3 is 3.06 bits per heavy atom. The lowest BCUT2D eigenvalue weighted by atomic mass is 9.89. The number of nitrogens with zero attached hydrogens (tertiary/aromatic N) is 2. The molecule has 1 saturated heterocycles. The zero-order valence-electron chi connectivity index (χ0n) is 10.7. The molecule has 2 unspecified atom stereocenters. The van der Waals surface area contributed by atoms with Crippen molar-refractivity contribution in [1.29, 1.82) is 0 Å². The van der Waals surface area contributed by atoms with Crippen LogP contribution in [0.5, 0.6) is 0 Å². The molecule has 0 aromatic carbocycles. The van der Waals surface area contributed by atoms with Crippen LogP contribution in [-0.2, 0) is 6.54 Å². The van der Waals surface area contributed by atoms with Gasteiger partial charge in [-0.3, -0.25) is 4.68 Å². The summed E-state index contributed by atoms with van der Waals surface area (Å²) in [6, 6.07) is 0.384. The standard InChI is InChI=1S/C13H22ClN3/c1-3-7-17-13(11(14)9-16-17)12-8-10(4-2)5-6-15-12/h9-10,12,15H,3-8H2,1-2H3. The maximum atomic E-state index is 6.28. The number of rotatable bonds is 4. The molecule has 3 nitrogen and oxygen atoms in total. The number of hydrogen-bond acceptors (Lipinski definition) is 2. The van der Waals surface area contributed by atoms with Crippen molar-refractivity contribution >= 4 is 11.6 Å². The quantitative estimate of drug-likeness (QED) is 0.894. The van der Waals surface area contributed by atoms with E-state index in [0.717, 1.165) is 30.5 Å². The van der Waals surface area contributed by atoms with E-state index in [1.807, 2.05) is 0 Å². The predicted molar refractivity (Wildman–Crippen MR) is 71.3 cm³/mol. The van der Waals surface area contributed by atoms with Gasteiger partial charge in [0.05, 0.1) is 23.0 Å². The van der Waals surface area contributed by atoms with E-state index in [4.69, 9.17) is 11.6 Å². The first kappa shape index (κ1) is 12.9. The van der Waals surface area contributed by atoms with Gasteiger partial charge in [0, 0.05) is 6.54 Å². The maximum Gasteiger partial charge on any atom is 0.0834 e. The number of nitrogens with one attached hydrogen (secondary N) is 1. The van der Waals surface area contributed by atoms with E-state index in [0.29, 0.717) is 6.04 Å². The summed E-state index contributed by atoms with van der Waals surface area (Å²) >= 11 is 6.28. The first-order chi connectivity index (χ1) is 8.26. The Labute approximate surface area is 109 Å². The van der Waals surface area contributed by atoms with E-state index in [1.165, 1.54) is 25.0 Å². The smallest absolute Gasteiger partial charge is 0.0834 e. The lowest BCUT2D eigenvalue weighted by Crippen LogP contribution is -2.33. The van der Waals surface area contributed by atoms with Crippen LogP contribution >= 0.6 is 11.6 Å². The highest BCUT2D eigenvalue weighted by Gasteiger charge is 2.26. The molecular weight excluding hydrogens is 234 g/mol. The summed E-state index contributed by atoms with van der Waals surface area (Å²) in [4.78, 5) is 0. The molecule has 2 rings (SSSR count). The van der Waals surface area contributed by atoms with E-state index < -0.39 is 0 Å². The van der Waals surface area contributed by atoms with Crippen molar-refractivity contribution in [3.05, 3.63) is 16.9 Å². The Morgan fingerprint density at radius 2 is 2.35 bits per heavy atom. The van der Waals surface area contributed by atoms with Gasteiger partial charge in [0.1, 0.15) is 0 Å². The fourth-order valence-electron chi connectivity index (χ4n) is 2.68. The Bertz CT molecular complexity index is 362. The Kier molecular flexibility index (Phi) is 4.46. The van der Waals surface area contributed by atoms with Crippen LogP contribution in [0, 0.1) is 5.92 Å². The van der Waals surface area contributed by atoms with Gasteiger partial charge < -0.3 is 5.32 Å². The molecule has 0 bridgehead atoms. The van der Waals surface area contributed by atoms with Crippen LogP contribution in [0.1, 0.15) is 51.3 Å². The summed E-state index contributed by atoms with van der Waals surface area (Å²) in [5.41, 5.74) is 1.19. The lowest BCUT2D eigenvalue weighted by Gasteiger charge is -2.30. The molecule has 0 saturated carbocycles. The molecular formula is C13H22ClN3. The lowest BCUT2D eigenvalue weighted by molar-refractivity contribution is 0.288. The van der Waals surface area contributed by atoms with Crippen molar-refractivity contribution < 1.29 is 0 Å². The highest BCUT2D eigenvalue weighted by atomic mass is 35.5. The molecule has 1 aromatic heterocycles. The van der Waals surface area contributed by atoms with Gasteiger partial charge in [-0.25, -0.2) is 0 Å². The molecule has 1 aromatic rings. The molecule has 2 heterocycles. The third-order valence-corrected chi connectivity index (χ3v) is 3.98. The average molecular weight is 256 g/mol. The van der Waals surface area contributed by atoms with E-state index in [9.17, 15) is 0 Å². The van der Waals surface area contributed by atoms with Crippen molar-refractivity contribution in [1.82, 2.24) is 15.1 Å². The Balaban J connectivity index is 2.17. The first-order valence-electron chi connectivity index (χ1n) is 6.70. The van der Waals surface area contributed by atoms with E-state index >= 15 is 0 Å². The second-order valence-electron chi connectivity index (χ2n) is 4.91. The molecule has 1 aliphatic rings. The van der Waals surface area contributed by atoms with Crippen molar-refractivity contribution in [3.8, 4) is 0 Å². The maximum absolute atomic E-state index is 6.28. The fourth-order valence-corrected chi connectivity index (χ4v) is 2.96. The molecule has 1 N–H and O–H groups in total. The Hall–Kier alpha value is -0.540. The molecule has 96 valence electrons. The summed E-state index contributed by atoms with van der Waals surface area (Å²) < 4.78 is 2.07. The summed E-state index contributed by atoms with van der Waals surface area (Å²) in [5.74, 6) is 0.822. The molecule has 1 aliphatic heterocycles. The summed E-state index contributed by atoms with van der Waals surface area (Å²) in [7, 11) is 0. The van der Waals surface area contributed by atoms with Crippen LogP contribution < -0.4 is 5.32 Å². The number of halogens is 1. The second kappa shape index (κ2) is 5.87. The third-order valence-electron chi connectivity index (χ3n) is 3.69. The van der Waals surface area contributed by atoms with E-state index in [-0.39, 0.29) is 0 Å². The van der Waals surface area contributed by atoms with Crippen molar-refractivity contribution in [2.45, 2.75) is 52.1 Å². The van der Waals surface area contributed by atoms with Crippen molar-refractivity contribution in [3.63, 3.8) is 0 Å². The normalized spacial score (nSPS) is 25.1. The fraction of sp³-hybridized carbons (Fsp3) is 0.769. The van der Waals surface area contributed by atoms with Gasteiger partial charge in [-0.15, -0.1) is 0 Å². The van der Waals surface area contributed by atoms with Gasteiger partial charge in [-0.05, 0) is 31.7 Å². The minimum atomic E-state index is 0.384. The van der Waals surface area contributed by atoms with E-state index in [1.54, 1.807) is 6.20 Å². The van der Waals surface area contributed by atoms with Crippen LogP contribution in [0.2, 0.25) is 5.02 Å². The van der Waals surface area contributed by atoms with Gasteiger partial charge in [-0.2, -0.15) is 5.10 Å². The number of hydrogen-bond donors (Lipinski definition) is 1. The van der Waals surface area contributed by atoms with Crippen LogP contribution in [0.4, 0.5) is 0 Å². The molecule has 0 spiro atoms. The molecule has 0 radical (unpaired) electrons. The minimum Gasteiger partial charge on any atom is -0.309 e. The number of aromatic nitrogens is 2. The van der Waals surface area contributed by atoms with Gasteiger partial charge in [0.2, 0.25) is 0 Å². The minimum absolute atomic E-state index is 0.384. The van der Waals surface area contributed by atoms with Crippen molar-refractivity contribution in [2.24, 2.45) is 5.92 Å². The van der Waals surface area contributed by atoms with Gasteiger partial charge in [0.15, 0.2) is 0 Å². The summed E-state index contributed by atoms with van der Waals surface area (Å²) in [5, 5.41) is 8.77. The van der Waals surface area contributed by atoms with Crippen LogP contribution in [-0.4, -0.2) is 16.3 Å². The second-order valence-corrected chi connectivity index (χ2v) is 5.31. The van der Waals surface area contributed by atoms with Gasteiger partial charge >= 0.3 is 0 Å². The number of piperidine rings is 1. The zero-order valence-corrected chi connectivity index (χ0v) is 11.5. The van der Waals surface area contributed by atoms with Crippen LogP contribution in [0.3, 0.4) is 0 Å². The SMILES string of the molecule is CCCn1ncc(Cl)c1C1CC(CC)CCN1. The number of aryl methyl sites for hydroxylation is 1. The van der Waals surface area contributed by atoms with Crippen molar-refractivity contribution in [2.75, 3.05) is 6.54 Å². The molecule has 17 heavy (non-hydrogen) atoms. The molecule has 2 atom stereocenters. The Morgan fingerprint density at radius 1 is 1.53 bits per heavy atom. The highest BCUT2D eigenvalue weighted by Crippen LogP contribution is 2.32. The molecule has 0 amide bonds. The summed E-state index contributed by atoms with van der Waals surface area (Å²) in [6.07, 6.45) is 6.61. The predicted octanol–water partition coefficient (Wildman–Crippen LogP) is 3.40. The van der Waals surface area contributed by atoms with Crippen LogP contribution in [0.15, 0.2) is 6.20 Å². The zero-order chi connectivity index (χ0) is 12.3.